The van der Waals surface area contributed by atoms with Crippen LogP contribution in [-0.4, -0.2) is 19.2 Å². The number of ether oxygens (including phenoxy) is 2. The average molecular weight is 272 g/mol. The molecule has 0 saturated heterocycles. The summed E-state index contributed by atoms with van der Waals surface area (Å²) in [5.41, 5.74) is 4.21. The molecule has 0 bridgehead atoms. The van der Waals surface area contributed by atoms with Crippen LogP contribution in [0.5, 0.6) is 11.5 Å². The Morgan fingerprint density at radius 2 is 1.75 bits per heavy atom. The van der Waals surface area contributed by atoms with E-state index in [4.69, 9.17) is 9.47 Å². The van der Waals surface area contributed by atoms with Gasteiger partial charge in [-0.05, 0) is 43.7 Å². The third kappa shape index (κ3) is 3.20. The Morgan fingerprint density at radius 1 is 1.00 bits per heavy atom. The molecule has 0 unspecified atom stereocenters. The van der Waals surface area contributed by atoms with Crippen molar-refractivity contribution < 1.29 is 9.47 Å². The minimum Gasteiger partial charge on any atom is -0.493 e. The number of benzene rings is 1. The molecule has 0 saturated carbocycles. The second-order valence-electron chi connectivity index (χ2n) is 4.63. The Hall–Kier alpha value is -2.23. The molecule has 0 aliphatic carbocycles. The number of rotatable bonds is 5. The Labute approximate surface area is 119 Å². The number of methoxy groups -OCH3 is 2. The summed E-state index contributed by atoms with van der Waals surface area (Å²) in [7, 11) is 3.28. The number of hydrogen-bond donors (Lipinski definition) is 1. The fourth-order valence-corrected chi connectivity index (χ4v) is 2.06. The third-order valence-electron chi connectivity index (χ3n) is 3.16. The zero-order valence-corrected chi connectivity index (χ0v) is 12.4. The number of nitrogens with zero attached hydrogens (tertiary/aromatic N) is 1. The maximum Gasteiger partial charge on any atom is 0.161 e. The highest BCUT2D eigenvalue weighted by atomic mass is 16.5. The Morgan fingerprint density at radius 3 is 2.40 bits per heavy atom. The quantitative estimate of drug-likeness (QED) is 0.906. The van der Waals surface area contributed by atoms with Gasteiger partial charge in [0.1, 0.15) is 0 Å². The van der Waals surface area contributed by atoms with Crippen molar-refractivity contribution in [1.29, 1.82) is 0 Å². The highest BCUT2D eigenvalue weighted by Crippen LogP contribution is 2.28. The molecule has 4 nitrogen and oxygen atoms in total. The first-order valence-electron chi connectivity index (χ1n) is 6.53. The highest BCUT2D eigenvalue weighted by Gasteiger charge is 2.05. The molecular formula is C16H20N2O2. The van der Waals surface area contributed by atoms with Gasteiger partial charge >= 0.3 is 0 Å². The molecule has 1 aromatic heterocycles. The molecular weight excluding hydrogens is 252 g/mol. The van der Waals surface area contributed by atoms with Crippen LogP contribution in [-0.2, 0) is 6.54 Å². The normalized spacial score (nSPS) is 10.2. The van der Waals surface area contributed by atoms with Crippen LogP contribution < -0.4 is 14.8 Å². The first-order valence-corrected chi connectivity index (χ1v) is 6.53. The average Bonchev–Trinajstić information content (AvgIpc) is 2.46. The number of anilines is 1. The first kappa shape index (κ1) is 14.2. The molecule has 4 heteroatoms. The van der Waals surface area contributed by atoms with Crippen molar-refractivity contribution in [3.8, 4) is 11.5 Å². The fourth-order valence-electron chi connectivity index (χ4n) is 2.06. The van der Waals surface area contributed by atoms with Crippen LogP contribution in [0.15, 0.2) is 30.3 Å². The van der Waals surface area contributed by atoms with Crippen LogP contribution in [0, 0.1) is 13.8 Å². The van der Waals surface area contributed by atoms with Crippen LogP contribution in [0.1, 0.15) is 17.0 Å². The summed E-state index contributed by atoms with van der Waals surface area (Å²) >= 11 is 0. The van der Waals surface area contributed by atoms with Crippen LogP contribution in [0.2, 0.25) is 0 Å². The number of pyridine rings is 1. The van der Waals surface area contributed by atoms with Gasteiger partial charge in [0, 0.05) is 12.2 Å². The molecule has 106 valence electrons. The molecule has 0 spiro atoms. The van der Waals surface area contributed by atoms with Crippen molar-refractivity contribution in [3.63, 3.8) is 0 Å². The summed E-state index contributed by atoms with van der Waals surface area (Å²) in [5, 5.41) is 3.39. The zero-order chi connectivity index (χ0) is 14.5. The minimum absolute atomic E-state index is 0.714. The van der Waals surface area contributed by atoms with Crippen LogP contribution in [0.3, 0.4) is 0 Å². The molecule has 0 aliphatic heterocycles. The van der Waals surface area contributed by atoms with Gasteiger partial charge < -0.3 is 14.8 Å². The summed E-state index contributed by atoms with van der Waals surface area (Å²) in [4.78, 5) is 4.44. The first-order chi connectivity index (χ1) is 9.63. The molecule has 0 aliphatic rings. The lowest BCUT2D eigenvalue weighted by Gasteiger charge is -2.12. The third-order valence-corrected chi connectivity index (χ3v) is 3.16. The lowest BCUT2D eigenvalue weighted by atomic mass is 10.2. The van der Waals surface area contributed by atoms with E-state index in [9.17, 15) is 0 Å². The van der Waals surface area contributed by atoms with Crippen LogP contribution >= 0.6 is 0 Å². The summed E-state index contributed by atoms with van der Waals surface area (Å²) in [6, 6.07) is 9.96. The lowest BCUT2D eigenvalue weighted by Crippen LogP contribution is -2.03. The summed E-state index contributed by atoms with van der Waals surface area (Å²) < 4.78 is 10.5. The van der Waals surface area contributed by atoms with Crippen molar-refractivity contribution in [2.24, 2.45) is 0 Å². The number of aromatic nitrogens is 1. The van der Waals surface area contributed by atoms with E-state index in [2.05, 4.69) is 16.4 Å². The molecule has 2 aromatic rings. The second kappa shape index (κ2) is 6.28. The predicted octanol–water partition coefficient (Wildman–Crippen LogP) is 3.33. The van der Waals surface area contributed by atoms with Crippen molar-refractivity contribution >= 4 is 5.69 Å². The smallest absolute Gasteiger partial charge is 0.161 e. The Bertz CT molecular complexity index is 597. The Kier molecular flexibility index (Phi) is 4.45. The van der Waals surface area contributed by atoms with E-state index in [1.54, 1.807) is 14.2 Å². The van der Waals surface area contributed by atoms with Gasteiger partial charge in [0.2, 0.25) is 0 Å². The molecule has 0 amide bonds. The largest absolute Gasteiger partial charge is 0.493 e. The van der Waals surface area contributed by atoms with E-state index in [0.29, 0.717) is 6.54 Å². The lowest BCUT2D eigenvalue weighted by molar-refractivity contribution is 0.354. The molecule has 1 aromatic carbocycles. The highest BCUT2D eigenvalue weighted by molar-refractivity contribution is 5.49. The van der Waals surface area contributed by atoms with Gasteiger partial charge in [-0.2, -0.15) is 0 Å². The molecule has 1 heterocycles. The van der Waals surface area contributed by atoms with E-state index >= 15 is 0 Å². The van der Waals surface area contributed by atoms with Crippen molar-refractivity contribution in [2.45, 2.75) is 20.4 Å². The van der Waals surface area contributed by atoms with E-state index in [-0.39, 0.29) is 0 Å². The van der Waals surface area contributed by atoms with Gasteiger partial charge in [0.05, 0.1) is 25.6 Å². The zero-order valence-electron chi connectivity index (χ0n) is 12.4. The summed E-state index contributed by atoms with van der Waals surface area (Å²) in [6.07, 6.45) is 0. The summed E-state index contributed by atoms with van der Waals surface area (Å²) in [5.74, 6) is 1.48. The maximum absolute atomic E-state index is 5.30. The SMILES string of the molecule is COc1ccc(CNc2ccc(C)nc2C)cc1OC. The van der Waals surface area contributed by atoms with Crippen molar-refractivity contribution in [3.05, 3.63) is 47.3 Å². The van der Waals surface area contributed by atoms with Crippen LogP contribution in [0.4, 0.5) is 5.69 Å². The number of nitrogens with one attached hydrogen (secondary N) is 1. The van der Waals surface area contributed by atoms with Gasteiger partial charge in [-0.1, -0.05) is 6.07 Å². The van der Waals surface area contributed by atoms with E-state index < -0.39 is 0 Å². The second-order valence-corrected chi connectivity index (χ2v) is 4.63. The van der Waals surface area contributed by atoms with Crippen molar-refractivity contribution in [1.82, 2.24) is 4.98 Å². The molecule has 1 N–H and O–H groups in total. The molecule has 2 rings (SSSR count). The molecule has 20 heavy (non-hydrogen) atoms. The number of hydrogen-bond acceptors (Lipinski definition) is 4. The van der Waals surface area contributed by atoms with Crippen molar-refractivity contribution in [2.75, 3.05) is 19.5 Å². The summed E-state index contributed by atoms with van der Waals surface area (Å²) in [6.45, 7) is 4.71. The van der Waals surface area contributed by atoms with Gasteiger partial charge in [-0.3, -0.25) is 4.98 Å². The standard InChI is InChI=1S/C16H20N2O2/c1-11-5-7-14(12(2)18-11)17-10-13-6-8-15(19-3)16(9-13)20-4/h5-9,17H,10H2,1-4H3. The maximum atomic E-state index is 5.30. The van der Waals surface area contributed by atoms with Crippen LogP contribution in [0.25, 0.3) is 0 Å². The van der Waals surface area contributed by atoms with Gasteiger partial charge in [-0.15, -0.1) is 0 Å². The minimum atomic E-state index is 0.714. The van der Waals surface area contributed by atoms with Gasteiger partial charge in [0.15, 0.2) is 11.5 Å². The predicted molar refractivity (Wildman–Crippen MR) is 80.6 cm³/mol. The van der Waals surface area contributed by atoms with Gasteiger partial charge in [-0.25, -0.2) is 0 Å². The van der Waals surface area contributed by atoms with E-state index in [1.807, 2.05) is 38.1 Å². The Balaban J connectivity index is 2.10. The van der Waals surface area contributed by atoms with E-state index in [1.165, 1.54) is 0 Å². The monoisotopic (exact) mass is 272 g/mol. The van der Waals surface area contributed by atoms with E-state index in [0.717, 1.165) is 34.1 Å². The topological polar surface area (TPSA) is 43.4 Å². The molecule has 0 fully saturated rings. The van der Waals surface area contributed by atoms with Gasteiger partial charge in [0.25, 0.3) is 0 Å². The number of aryl methyl sites for hydroxylation is 2. The molecule has 0 atom stereocenters. The molecule has 0 radical (unpaired) electrons. The fraction of sp³-hybridized carbons (Fsp3) is 0.312.